The molecule has 0 saturated heterocycles. The van der Waals surface area contributed by atoms with Gasteiger partial charge in [-0.25, -0.2) is 9.22 Å². The molecule has 4 nitrogen and oxygen atoms in total. The Morgan fingerprint density at radius 1 is 1.05 bits per heavy atom. The van der Waals surface area contributed by atoms with Crippen molar-refractivity contribution < 1.29 is 12.8 Å². The molecule has 0 aliphatic rings. The van der Waals surface area contributed by atoms with Gasteiger partial charge in [-0.1, -0.05) is 31.9 Å². The molecule has 0 aromatic heterocycles. The van der Waals surface area contributed by atoms with Crippen LogP contribution >= 0.6 is 31.9 Å². The highest BCUT2D eigenvalue weighted by Gasteiger charge is 2.12. The van der Waals surface area contributed by atoms with E-state index in [9.17, 15) is 12.8 Å². The van der Waals surface area contributed by atoms with Crippen molar-refractivity contribution in [3.8, 4) is 0 Å². The highest BCUT2D eigenvalue weighted by atomic mass is 79.9. The number of hydrogen-bond acceptors (Lipinski definition) is 3. The molecule has 0 fully saturated rings. The number of benzene rings is 2. The topological polar surface area (TPSA) is 58.5 Å². The van der Waals surface area contributed by atoms with Crippen molar-refractivity contribution >= 4 is 48.1 Å². The third-order valence-electron chi connectivity index (χ3n) is 2.46. The molecule has 0 atom stereocenters. The fourth-order valence-electron chi connectivity index (χ4n) is 1.45. The predicted octanol–water partition coefficient (Wildman–Crippen LogP) is 3.66. The Morgan fingerprint density at radius 2 is 1.67 bits per heavy atom. The van der Waals surface area contributed by atoms with Gasteiger partial charge in [-0.2, -0.15) is 13.5 Å². The van der Waals surface area contributed by atoms with Crippen molar-refractivity contribution in [2.45, 2.75) is 4.90 Å². The lowest BCUT2D eigenvalue weighted by molar-refractivity contribution is 0.584. The lowest BCUT2D eigenvalue weighted by Gasteiger charge is -2.03. The Balaban J connectivity index is 2.16. The van der Waals surface area contributed by atoms with Crippen LogP contribution < -0.4 is 4.83 Å². The zero-order chi connectivity index (χ0) is 15.5. The van der Waals surface area contributed by atoms with Gasteiger partial charge in [0.2, 0.25) is 0 Å². The Labute approximate surface area is 138 Å². The molecule has 2 rings (SSSR count). The molecule has 0 aliphatic heterocycles. The van der Waals surface area contributed by atoms with Crippen LogP contribution in [0.2, 0.25) is 0 Å². The molecule has 0 heterocycles. The number of hydrogen-bond donors (Lipinski definition) is 1. The second-order valence-electron chi connectivity index (χ2n) is 3.97. The Morgan fingerprint density at radius 3 is 2.33 bits per heavy atom. The summed E-state index contributed by atoms with van der Waals surface area (Å²) in [5.74, 6) is -0.496. The van der Waals surface area contributed by atoms with Crippen LogP contribution in [-0.4, -0.2) is 14.6 Å². The van der Waals surface area contributed by atoms with Gasteiger partial charge >= 0.3 is 0 Å². The highest BCUT2D eigenvalue weighted by Crippen LogP contribution is 2.15. The number of halogens is 3. The molecule has 2 aromatic carbocycles. The second-order valence-corrected chi connectivity index (χ2v) is 7.46. The van der Waals surface area contributed by atoms with Gasteiger partial charge in [-0.3, -0.25) is 0 Å². The lowest BCUT2D eigenvalue weighted by Crippen LogP contribution is -2.18. The van der Waals surface area contributed by atoms with E-state index in [1.807, 2.05) is 4.83 Å². The Kier molecular flexibility index (Phi) is 5.13. The van der Waals surface area contributed by atoms with E-state index < -0.39 is 15.8 Å². The van der Waals surface area contributed by atoms with Gasteiger partial charge in [0.25, 0.3) is 10.0 Å². The zero-order valence-corrected chi connectivity index (χ0v) is 14.4. The van der Waals surface area contributed by atoms with Crippen LogP contribution in [0.25, 0.3) is 0 Å². The minimum atomic E-state index is -3.77. The summed E-state index contributed by atoms with van der Waals surface area (Å²) in [4.78, 5) is 2.10. The maximum atomic E-state index is 13.5. The molecule has 0 bridgehead atoms. The van der Waals surface area contributed by atoms with Crippen molar-refractivity contribution in [2.24, 2.45) is 5.10 Å². The molecule has 0 unspecified atom stereocenters. The first kappa shape index (κ1) is 16.1. The van der Waals surface area contributed by atoms with Crippen LogP contribution in [-0.2, 0) is 10.0 Å². The first-order valence-electron chi connectivity index (χ1n) is 5.64. The van der Waals surface area contributed by atoms with Gasteiger partial charge in [0, 0.05) is 14.5 Å². The van der Waals surface area contributed by atoms with Crippen LogP contribution in [0.5, 0.6) is 0 Å². The Bertz CT molecular complexity index is 777. The summed E-state index contributed by atoms with van der Waals surface area (Å²) in [5, 5.41) is 3.58. The van der Waals surface area contributed by atoms with E-state index in [0.29, 0.717) is 4.47 Å². The number of nitrogens with one attached hydrogen (secondary N) is 1. The van der Waals surface area contributed by atoms with Gasteiger partial charge in [-0.05, 0) is 42.5 Å². The Hall–Kier alpha value is -1.25. The number of rotatable bonds is 4. The summed E-state index contributed by atoms with van der Waals surface area (Å²) in [6.07, 6.45) is 1.11. The zero-order valence-electron chi connectivity index (χ0n) is 10.4. The number of hydrazone groups is 1. The summed E-state index contributed by atoms with van der Waals surface area (Å²) in [7, 11) is -3.77. The van der Waals surface area contributed by atoms with Gasteiger partial charge in [0.1, 0.15) is 5.82 Å². The molecule has 0 saturated carbocycles. The molecular formula is C13H9Br2FN2O2S. The fourth-order valence-corrected chi connectivity index (χ4v) is 2.88. The van der Waals surface area contributed by atoms with Crippen molar-refractivity contribution in [3.63, 3.8) is 0 Å². The lowest BCUT2D eigenvalue weighted by atomic mass is 10.2. The standard InChI is InChI=1S/C13H9Br2FN2O2S/c14-10-1-4-12(5-2-10)21(19,20)18-17-8-9-7-11(15)3-6-13(9)16/h1-8,18H/b17-8-. The molecule has 110 valence electrons. The number of sulfonamides is 1. The smallest absolute Gasteiger partial charge is 0.206 e. The predicted molar refractivity (Wildman–Crippen MR) is 86.2 cm³/mol. The molecule has 1 N–H and O–H groups in total. The van der Waals surface area contributed by atoms with Crippen LogP contribution in [0.1, 0.15) is 5.56 Å². The van der Waals surface area contributed by atoms with Crippen LogP contribution in [0.4, 0.5) is 4.39 Å². The molecule has 8 heteroatoms. The van der Waals surface area contributed by atoms with Crippen molar-refractivity contribution in [1.82, 2.24) is 4.83 Å². The van der Waals surface area contributed by atoms with Crippen molar-refractivity contribution in [2.75, 3.05) is 0 Å². The van der Waals surface area contributed by atoms with Crippen molar-refractivity contribution in [1.29, 1.82) is 0 Å². The minimum absolute atomic E-state index is 0.0672. The first-order valence-corrected chi connectivity index (χ1v) is 8.71. The number of nitrogens with zero attached hydrogens (tertiary/aromatic N) is 1. The van der Waals surface area contributed by atoms with E-state index in [4.69, 9.17) is 0 Å². The molecule has 2 aromatic rings. The van der Waals surface area contributed by atoms with Crippen LogP contribution in [0.3, 0.4) is 0 Å². The second kappa shape index (κ2) is 6.67. The average Bonchev–Trinajstić information content (AvgIpc) is 2.43. The van der Waals surface area contributed by atoms with Gasteiger partial charge in [-0.15, -0.1) is 0 Å². The maximum Gasteiger partial charge on any atom is 0.276 e. The van der Waals surface area contributed by atoms with E-state index in [1.165, 1.54) is 24.3 Å². The van der Waals surface area contributed by atoms with E-state index in [2.05, 4.69) is 37.0 Å². The molecule has 0 aliphatic carbocycles. The van der Waals surface area contributed by atoms with Crippen LogP contribution in [0.15, 0.2) is 61.4 Å². The third-order valence-corrected chi connectivity index (χ3v) is 4.72. The van der Waals surface area contributed by atoms with E-state index in [0.717, 1.165) is 10.7 Å². The summed E-state index contributed by atoms with van der Waals surface area (Å²) in [5.41, 5.74) is 0.169. The SMILES string of the molecule is O=S(=O)(N/N=C\c1cc(Br)ccc1F)c1ccc(Br)cc1. The van der Waals surface area contributed by atoms with E-state index >= 15 is 0 Å². The third kappa shape index (κ3) is 4.36. The van der Waals surface area contributed by atoms with Gasteiger partial charge in [0.15, 0.2) is 0 Å². The molecule has 0 amide bonds. The van der Waals surface area contributed by atoms with Crippen molar-refractivity contribution in [3.05, 3.63) is 62.8 Å². The monoisotopic (exact) mass is 434 g/mol. The van der Waals surface area contributed by atoms with E-state index in [-0.39, 0.29) is 10.5 Å². The summed E-state index contributed by atoms with van der Waals surface area (Å²) in [6.45, 7) is 0. The fraction of sp³-hybridized carbons (Fsp3) is 0. The quantitative estimate of drug-likeness (QED) is 0.588. The molecule has 0 radical (unpaired) electrons. The minimum Gasteiger partial charge on any atom is -0.206 e. The average molecular weight is 436 g/mol. The summed E-state index contributed by atoms with van der Waals surface area (Å²) in [6, 6.07) is 10.4. The molecule has 0 spiro atoms. The van der Waals surface area contributed by atoms with Crippen LogP contribution in [0, 0.1) is 5.82 Å². The molecular weight excluding hydrogens is 427 g/mol. The van der Waals surface area contributed by atoms with Gasteiger partial charge < -0.3 is 0 Å². The molecule has 21 heavy (non-hydrogen) atoms. The van der Waals surface area contributed by atoms with E-state index in [1.54, 1.807) is 18.2 Å². The summed E-state index contributed by atoms with van der Waals surface area (Å²) < 4.78 is 38.8. The van der Waals surface area contributed by atoms with Gasteiger partial charge in [0.05, 0.1) is 11.1 Å². The normalized spacial score (nSPS) is 11.8. The first-order chi connectivity index (χ1) is 9.88. The maximum absolute atomic E-state index is 13.5. The largest absolute Gasteiger partial charge is 0.276 e. The summed E-state index contributed by atoms with van der Waals surface area (Å²) >= 11 is 6.42. The highest BCUT2D eigenvalue weighted by molar-refractivity contribution is 9.10.